The van der Waals surface area contributed by atoms with Crippen LogP contribution in [0.25, 0.3) is 0 Å². The largest absolute Gasteiger partial charge is 0.417 e. The van der Waals surface area contributed by atoms with Gasteiger partial charge in [-0.3, -0.25) is 0 Å². The quantitative estimate of drug-likeness (QED) is 0.695. The minimum absolute atomic E-state index is 0.0709. The highest BCUT2D eigenvalue weighted by atomic mass is 19.4. The molecule has 0 aromatic heterocycles. The molecule has 1 aliphatic rings. The Morgan fingerprint density at radius 1 is 1.42 bits per heavy atom. The van der Waals surface area contributed by atoms with E-state index in [4.69, 9.17) is 5.11 Å². The smallest absolute Gasteiger partial charge is 0.380 e. The van der Waals surface area contributed by atoms with Gasteiger partial charge in [-0.25, -0.2) is 0 Å². The molecule has 1 N–H and O–H groups in total. The van der Waals surface area contributed by atoms with E-state index in [2.05, 4.69) is 0 Å². The molecule has 72 valence electrons. The highest BCUT2D eigenvalue weighted by Crippen LogP contribution is 2.49. The first kappa shape index (κ1) is 9.84. The summed E-state index contributed by atoms with van der Waals surface area (Å²) in [5.41, 5.74) is -2.37. The monoisotopic (exact) mass is 182 g/mol. The number of halogens is 3. The molecule has 0 spiro atoms. The van der Waals surface area contributed by atoms with E-state index >= 15 is 0 Å². The molecule has 0 saturated heterocycles. The molecule has 0 aliphatic heterocycles. The van der Waals surface area contributed by atoms with Crippen LogP contribution >= 0.6 is 0 Å². The van der Waals surface area contributed by atoms with Gasteiger partial charge in [0.05, 0.1) is 0 Å². The summed E-state index contributed by atoms with van der Waals surface area (Å²) >= 11 is 0. The van der Waals surface area contributed by atoms with Crippen LogP contribution in [0.1, 0.15) is 32.6 Å². The topological polar surface area (TPSA) is 20.2 Å². The van der Waals surface area contributed by atoms with Crippen molar-refractivity contribution in [3.05, 3.63) is 0 Å². The van der Waals surface area contributed by atoms with Crippen molar-refractivity contribution in [2.24, 2.45) is 5.92 Å². The fourth-order valence-corrected chi connectivity index (χ4v) is 1.74. The zero-order valence-corrected chi connectivity index (χ0v) is 6.99. The van der Waals surface area contributed by atoms with E-state index in [1.807, 2.05) is 6.92 Å². The summed E-state index contributed by atoms with van der Waals surface area (Å²) in [5.74, 6) is 0.0709. The minimum Gasteiger partial charge on any atom is -0.380 e. The predicted molar refractivity (Wildman–Crippen MR) is 38.6 cm³/mol. The molecular formula is C8H13F3O. The number of rotatable bonds is 2. The number of hydrogen-bond acceptors (Lipinski definition) is 1. The maximum atomic E-state index is 12.0. The second kappa shape index (κ2) is 2.91. The fourth-order valence-electron chi connectivity index (χ4n) is 1.74. The van der Waals surface area contributed by atoms with Crippen molar-refractivity contribution in [1.29, 1.82) is 0 Å². The third-order valence-electron chi connectivity index (χ3n) is 2.48. The first-order valence-corrected chi connectivity index (χ1v) is 4.18. The van der Waals surface area contributed by atoms with Gasteiger partial charge in [0.1, 0.15) is 0 Å². The van der Waals surface area contributed by atoms with E-state index in [1.54, 1.807) is 0 Å². The molecule has 1 nitrogen and oxygen atoms in total. The van der Waals surface area contributed by atoms with Crippen LogP contribution in [0.5, 0.6) is 0 Å². The number of aliphatic hydroxyl groups is 1. The molecule has 0 unspecified atom stereocenters. The van der Waals surface area contributed by atoms with Gasteiger partial charge in [0, 0.05) is 0 Å². The molecule has 0 heterocycles. The van der Waals surface area contributed by atoms with Crippen molar-refractivity contribution >= 4 is 0 Å². The Labute approximate surface area is 69.6 Å². The minimum atomic E-state index is -4.43. The van der Waals surface area contributed by atoms with Crippen LogP contribution < -0.4 is 0 Å². The van der Waals surface area contributed by atoms with E-state index in [1.165, 1.54) is 0 Å². The maximum Gasteiger partial charge on any atom is 0.417 e. The highest BCUT2D eigenvalue weighted by Gasteiger charge is 2.60. The molecule has 1 fully saturated rings. The molecule has 0 radical (unpaired) electrons. The van der Waals surface area contributed by atoms with E-state index in [0.29, 0.717) is 0 Å². The molecule has 0 aromatic rings. The second-order valence-electron chi connectivity index (χ2n) is 3.59. The van der Waals surface area contributed by atoms with Gasteiger partial charge in [-0.2, -0.15) is 13.2 Å². The Hall–Kier alpha value is -0.250. The SMILES string of the molecule is CCC[C@H]1C[C@@](O)(C(F)(F)F)C1. The Balaban J connectivity index is 2.40. The third-order valence-corrected chi connectivity index (χ3v) is 2.48. The maximum absolute atomic E-state index is 12.0. The normalized spacial score (nSPS) is 36.2. The molecule has 0 atom stereocenters. The summed E-state index contributed by atoms with van der Waals surface area (Å²) in [6.07, 6.45) is -2.97. The molecule has 1 aliphatic carbocycles. The van der Waals surface area contributed by atoms with Crippen LogP contribution in [0.3, 0.4) is 0 Å². The Morgan fingerprint density at radius 2 is 1.92 bits per heavy atom. The van der Waals surface area contributed by atoms with Gasteiger partial charge in [-0.1, -0.05) is 19.8 Å². The molecule has 1 rings (SSSR count). The van der Waals surface area contributed by atoms with E-state index in [-0.39, 0.29) is 18.8 Å². The molecule has 0 bridgehead atoms. The second-order valence-corrected chi connectivity index (χ2v) is 3.59. The van der Waals surface area contributed by atoms with Crippen molar-refractivity contribution < 1.29 is 18.3 Å². The highest BCUT2D eigenvalue weighted by molar-refractivity contribution is 4.99. The first-order valence-electron chi connectivity index (χ1n) is 4.18. The molecule has 0 aromatic carbocycles. The average Bonchev–Trinajstić information content (AvgIpc) is 1.82. The summed E-state index contributed by atoms with van der Waals surface area (Å²) in [7, 11) is 0. The lowest BCUT2D eigenvalue weighted by atomic mass is 9.69. The summed E-state index contributed by atoms with van der Waals surface area (Å²) in [6.45, 7) is 1.94. The number of alkyl halides is 3. The summed E-state index contributed by atoms with van der Waals surface area (Å²) < 4.78 is 36.1. The Bertz CT molecular complexity index is 158. The van der Waals surface area contributed by atoms with Crippen molar-refractivity contribution in [2.45, 2.75) is 44.4 Å². The zero-order valence-electron chi connectivity index (χ0n) is 6.99. The van der Waals surface area contributed by atoms with Crippen molar-refractivity contribution in [3.63, 3.8) is 0 Å². The first-order chi connectivity index (χ1) is 5.39. The Morgan fingerprint density at radius 3 is 2.25 bits per heavy atom. The molecular weight excluding hydrogens is 169 g/mol. The van der Waals surface area contributed by atoms with Gasteiger partial charge >= 0.3 is 6.18 Å². The van der Waals surface area contributed by atoms with Gasteiger partial charge in [-0.15, -0.1) is 0 Å². The van der Waals surface area contributed by atoms with Gasteiger partial charge in [0.2, 0.25) is 0 Å². The molecule has 12 heavy (non-hydrogen) atoms. The Kier molecular flexibility index (Phi) is 2.38. The van der Waals surface area contributed by atoms with Crippen LogP contribution in [-0.2, 0) is 0 Å². The lowest BCUT2D eigenvalue weighted by Crippen LogP contribution is -2.55. The summed E-state index contributed by atoms with van der Waals surface area (Å²) in [6, 6.07) is 0. The van der Waals surface area contributed by atoms with Crippen LogP contribution in [0, 0.1) is 5.92 Å². The summed E-state index contributed by atoms with van der Waals surface area (Å²) in [4.78, 5) is 0. The molecule has 4 heteroatoms. The molecule has 0 amide bonds. The van der Waals surface area contributed by atoms with Gasteiger partial charge in [0.15, 0.2) is 5.60 Å². The summed E-state index contributed by atoms with van der Waals surface area (Å²) in [5, 5.41) is 9.02. The third kappa shape index (κ3) is 1.58. The van der Waals surface area contributed by atoms with Crippen LogP contribution in [-0.4, -0.2) is 16.9 Å². The van der Waals surface area contributed by atoms with Crippen molar-refractivity contribution in [1.82, 2.24) is 0 Å². The van der Waals surface area contributed by atoms with E-state index < -0.39 is 11.8 Å². The molecule has 1 saturated carbocycles. The van der Waals surface area contributed by atoms with Crippen LogP contribution in [0.2, 0.25) is 0 Å². The zero-order chi connectivity index (χ0) is 9.41. The fraction of sp³-hybridized carbons (Fsp3) is 1.00. The van der Waals surface area contributed by atoms with Crippen LogP contribution in [0.4, 0.5) is 13.2 Å². The lowest BCUT2D eigenvalue weighted by molar-refractivity contribution is -0.299. The van der Waals surface area contributed by atoms with E-state index in [9.17, 15) is 13.2 Å². The van der Waals surface area contributed by atoms with E-state index in [0.717, 1.165) is 12.8 Å². The number of hydrogen-bond donors (Lipinski definition) is 1. The predicted octanol–water partition coefficient (Wildman–Crippen LogP) is 2.49. The van der Waals surface area contributed by atoms with Crippen molar-refractivity contribution in [2.75, 3.05) is 0 Å². The lowest BCUT2D eigenvalue weighted by Gasteiger charge is -2.44. The van der Waals surface area contributed by atoms with Crippen molar-refractivity contribution in [3.8, 4) is 0 Å². The van der Waals surface area contributed by atoms with Gasteiger partial charge in [-0.05, 0) is 18.8 Å². The van der Waals surface area contributed by atoms with Gasteiger partial charge in [0.25, 0.3) is 0 Å². The standard InChI is InChI=1S/C8H13F3O/c1-2-3-6-4-7(12,5-6)8(9,10)11/h6,12H,2-5H2,1H3/t6-,7-. The van der Waals surface area contributed by atoms with Gasteiger partial charge < -0.3 is 5.11 Å². The van der Waals surface area contributed by atoms with Crippen LogP contribution in [0.15, 0.2) is 0 Å². The average molecular weight is 182 g/mol.